The average molecular weight is 498 g/mol. The number of benzene rings is 1. The van der Waals surface area contributed by atoms with Crippen LogP contribution in [0.5, 0.6) is 5.75 Å². The van der Waals surface area contributed by atoms with Crippen LogP contribution in [0.2, 0.25) is 0 Å². The second-order valence-corrected chi connectivity index (χ2v) is 7.51. The van der Waals surface area contributed by atoms with Gasteiger partial charge in [0.25, 0.3) is 0 Å². The number of aliphatic carboxylic acids is 1. The average Bonchev–Trinajstić information content (AvgIpc) is 3.27. The van der Waals surface area contributed by atoms with E-state index in [1.165, 1.54) is 6.42 Å². The van der Waals surface area contributed by atoms with Gasteiger partial charge in [-0.1, -0.05) is 19.8 Å². The van der Waals surface area contributed by atoms with Crippen molar-refractivity contribution in [1.82, 2.24) is 10.4 Å². The molecule has 0 unspecified atom stereocenters. The quantitative estimate of drug-likeness (QED) is 0.0760. The number of carboxylic acids is 1. The molecule has 0 bridgehead atoms. The number of hydrazone groups is 1. The van der Waals surface area contributed by atoms with Crippen molar-refractivity contribution >= 4 is 29.0 Å². The molecule has 1 heterocycles. The van der Waals surface area contributed by atoms with E-state index in [-0.39, 0.29) is 0 Å². The molecule has 0 aliphatic carbocycles. The van der Waals surface area contributed by atoms with Gasteiger partial charge in [-0.15, -0.1) is 0 Å². The van der Waals surface area contributed by atoms with Gasteiger partial charge in [-0.25, -0.2) is 10.2 Å². The van der Waals surface area contributed by atoms with E-state index in [4.69, 9.17) is 41.1 Å². The molecule has 0 aliphatic rings. The number of H-pyrrole nitrogens is 1. The minimum Gasteiger partial charge on any atom is -0.497 e. The molecule has 0 saturated carbocycles. The second kappa shape index (κ2) is 15.6. The predicted molar refractivity (Wildman–Crippen MR) is 130 cm³/mol. The number of aliphatic hydroxyl groups is 5. The largest absolute Gasteiger partial charge is 0.497 e. The first-order valence-corrected chi connectivity index (χ1v) is 11.0. The first-order valence-electron chi connectivity index (χ1n) is 11.0. The molecule has 1 aromatic heterocycles. The zero-order valence-electron chi connectivity index (χ0n) is 19.7. The van der Waals surface area contributed by atoms with E-state index in [0.717, 1.165) is 41.6 Å². The van der Waals surface area contributed by atoms with Crippen LogP contribution in [-0.4, -0.2) is 98.4 Å². The zero-order chi connectivity index (χ0) is 26.4. The van der Waals surface area contributed by atoms with Gasteiger partial charge < -0.3 is 46.1 Å². The highest BCUT2D eigenvalue weighted by Crippen LogP contribution is 2.22. The summed E-state index contributed by atoms with van der Waals surface area (Å²) in [6.07, 6.45) is -0.847. The molecule has 13 heteroatoms. The van der Waals surface area contributed by atoms with Crippen molar-refractivity contribution in [2.75, 3.05) is 20.3 Å². The molecular formula is C22H35N5O8. The fourth-order valence-corrected chi connectivity index (χ4v) is 2.79. The molecule has 35 heavy (non-hydrogen) atoms. The van der Waals surface area contributed by atoms with Crippen molar-refractivity contribution < 1.29 is 40.2 Å². The molecule has 4 atom stereocenters. The van der Waals surface area contributed by atoms with Crippen LogP contribution in [0.1, 0.15) is 31.7 Å². The molecule has 0 aliphatic heterocycles. The van der Waals surface area contributed by atoms with Gasteiger partial charge in [0, 0.05) is 29.2 Å². The number of rotatable bonds is 12. The fourth-order valence-electron chi connectivity index (χ4n) is 2.79. The Morgan fingerprint density at radius 1 is 1.23 bits per heavy atom. The van der Waals surface area contributed by atoms with Crippen LogP contribution >= 0.6 is 0 Å². The van der Waals surface area contributed by atoms with Gasteiger partial charge in [0.05, 0.1) is 19.9 Å². The van der Waals surface area contributed by atoms with E-state index in [1.807, 2.05) is 24.4 Å². The lowest BCUT2D eigenvalue weighted by molar-refractivity contribution is -0.164. The third-order valence-corrected chi connectivity index (χ3v) is 4.86. The first kappa shape index (κ1) is 29.8. The van der Waals surface area contributed by atoms with E-state index in [1.54, 1.807) is 13.3 Å². The number of nitrogens with one attached hydrogen (secondary N) is 2. The van der Waals surface area contributed by atoms with E-state index in [2.05, 4.69) is 27.4 Å². The summed E-state index contributed by atoms with van der Waals surface area (Å²) in [6.45, 7) is 2.04. The van der Waals surface area contributed by atoms with Gasteiger partial charge in [-0.2, -0.15) is 5.10 Å². The van der Waals surface area contributed by atoms with E-state index in [9.17, 15) is 4.79 Å². The molecule has 10 N–H and O–H groups in total. The zero-order valence-corrected chi connectivity index (χ0v) is 19.7. The Balaban J connectivity index is 0.000000405. The number of aliphatic hydroxyl groups excluding tert-OH is 5. The van der Waals surface area contributed by atoms with Crippen molar-refractivity contribution in [2.45, 2.75) is 50.6 Å². The predicted octanol–water partition coefficient (Wildman–Crippen LogP) is -0.888. The van der Waals surface area contributed by atoms with Crippen LogP contribution in [-0.2, 0) is 4.79 Å². The summed E-state index contributed by atoms with van der Waals surface area (Å²) in [5, 5.41) is 57.0. The number of methoxy groups -OCH3 is 1. The number of guanidine groups is 1. The molecule has 0 radical (unpaired) electrons. The van der Waals surface area contributed by atoms with E-state index < -0.39 is 37.0 Å². The third-order valence-electron chi connectivity index (χ3n) is 4.86. The highest BCUT2D eigenvalue weighted by molar-refractivity contribution is 5.99. The van der Waals surface area contributed by atoms with Crippen LogP contribution in [0.4, 0.5) is 0 Å². The number of aliphatic imine (C=N–C) groups is 1. The molecule has 2 aromatic rings. The standard InChI is InChI=1S/C16H23N5O.C6H12O7/c1-3-4-5-8-18-16(17)21-20-11-12-10-19-15-7-6-13(22-2)9-14(12)15;7-1-2(8)3(9)4(10)5(11)6(12)13/h6-7,9-11,19H,3-5,8H2,1-2H3,(H3,17,18,21);2-5,7-11H,1H2,(H,12,13)/b20-11+;/t;2-,3-,4+,5-/m.1/s1. The van der Waals surface area contributed by atoms with Crippen LogP contribution < -0.4 is 15.9 Å². The maximum absolute atomic E-state index is 10.1. The molecule has 13 nitrogen and oxygen atoms in total. The van der Waals surface area contributed by atoms with Crippen molar-refractivity contribution in [2.24, 2.45) is 15.8 Å². The fraction of sp³-hybridized carbons (Fsp3) is 0.500. The SMILES string of the molecule is CCCCCN=C(N)N/N=C/c1c[nH]c2ccc(OC)cc12.O=C(O)[C@H](O)[C@@H](O)[C@H](O)[C@H](O)CO. The molecule has 0 saturated heterocycles. The second-order valence-electron chi connectivity index (χ2n) is 7.51. The van der Waals surface area contributed by atoms with E-state index in [0.29, 0.717) is 5.96 Å². The number of carbonyl (C=O) groups is 1. The van der Waals surface area contributed by atoms with Gasteiger partial charge in [0.2, 0.25) is 5.96 Å². The molecule has 0 amide bonds. The number of hydrogen-bond acceptors (Lipinski definition) is 9. The molecule has 2 rings (SSSR count). The highest BCUT2D eigenvalue weighted by Gasteiger charge is 2.33. The monoisotopic (exact) mass is 497 g/mol. The Kier molecular flexibility index (Phi) is 13.3. The minimum absolute atomic E-state index is 0.338. The maximum atomic E-state index is 10.1. The number of aromatic nitrogens is 1. The number of aromatic amines is 1. The number of hydrogen-bond donors (Lipinski definition) is 9. The Labute approximate surface area is 202 Å². The lowest BCUT2D eigenvalue weighted by Gasteiger charge is -2.23. The minimum atomic E-state index is -2.20. The first-order chi connectivity index (χ1) is 16.7. The topological polar surface area (TPSA) is 226 Å². The summed E-state index contributed by atoms with van der Waals surface area (Å²) in [7, 11) is 1.65. The summed E-state index contributed by atoms with van der Waals surface area (Å²) >= 11 is 0. The van der Waals surface area contributed by atoms with E-state index >= 15 is 0 Å². The molecule has 0 fully saturated rings. The summed E-state index contributed by atoms with van der Waals surface area (Å²) in [5.74, 6) is -0.576. The number of fused-ring (bicyclic) bond motifs is 1. The van der Waals surface area contributed by atoms with Gasteiger partial charge in [0.15, 0.2) is 6.10 Å². The van der Waals surface area contributed by atoms with Crippen LogP contribution in [0.3, 0.4) is 0 Å². The van der Waals surface area contributed by atoms with Crippen LogP contribution in [0.25, 0.3) is 10.9 Å². The number of nitrogens with zero attached hydrogens (tertiary/aromatic N) is 2. The van der Waals surface area contributed by atoms with Gasteiger partial charge >= 0.3 is 5.97 Å². The molecule has 1 aromatic carbocycles. The third kappa shape index (κ3) is 9.88. The number of carboxylic acid groups (broad SMARTS) is 1. The van der Waals surface area contributed by atoms with Gasteiger partial charge in [0.1, 0.15) is 24.1 Å². The Morgan fingerprint density at radius 3 is 2.54 bits per heavy atom. The Morgan fingerprint density at radius 2 is 1.94 bits per heavy atom. The van der Waals surface area contributed by atoms with Crippen molar-refractivity contribution in [3.63, 3.8) is 0 Å². The van der Waals surface area contributed by atoms with Gasteiger partial charge in [-0.05, 0) is 24.6 Å². The summed E-state index contributed by atoms with van der Waals surface area (Å²) in [5.41, 5.74) is 10.5. The van der Waals surface area contributed by atoms with Gasteiger partial charge in [-0.3, -0.25) is 4.99 Å². The number of nitrogens with two attached hydrogens (primary N) is 1. The smallest absolute Gasteiger partial charge is 0.335 e. The number of unbranched alkanes of at least 4 members (excludes halogenated alkanes) is 2. The lowest BCUT2D eigenvalue weighted by Crippen LogP contribution is -2.48. The molecule has 0 spiro atoms. The number of ether oxygens (including phenoxy) is 1. The molecule has 196 valence electrons. The highest BCUT2D eigenvalue weighted by atomic mass is 16.5. The summed E-state index contributed by atoms with van der Waals surface area (Å²) < 4.78 is 5.24. The normalized spacial score (nSPS) is 15.2. The van der Waals surface area contributed by atoms with Crippen LogP contribution in [0, 0.1) is 0 Å². The Hall–Kier alpha value is -3.23. The maximum Gasteiger partial charge on any atom is 0.335 e. The van der Waals surface area contributed by atoms with Crippen LogP contribution in [0.15, 0.2) is 34.5 Å². The van der Waals surface area contributed by atoms with Crippen molar-refractivity contribution in [3.05, 3.63) is 30.0 Å². The van der Waals surface area contributed by atoms with Crippen molar-refractivity contribution in [1.29, 1.82) is 0 Å². The summed E-state index contributed by atoms with van der Waals surface area (Å²) in [6, 6.07) is 5.86. The Bertz CT molecular complexity index is 964. The summed E-state index contributed by atoms with van der Waals surface area (Å²) in [4.78, 5) is 17.5. The molecular weight excluding hydrogens is 462 g/mol. The lowest BCUT2D eigenvalue weighted by atomic mass is 10.0. The van der Waals surface area contributed by atoms with Crippen molar-refractivity contribution in [3.8, 4) is 5.75 Å².